The number of aryl methyl sites for hydroxylation is 1. The fourth-order valence-corrected chi connectivity index (χ4v) is 3.30. The van der Waals surface area contributed by atoms with E-state index in [1.165, 1.54) is 0 Å². The molecule has 2 aromatic rings. The van der Waals surface area contributed by atoms with Crippen molar-refractivity contribution in [1.82, 2.24) is 19.7 Å². The van der Waals surface area contributed by atoms with E-state index in [1.54, 1.807) is 29.0 Å². The number of amides is 2. The van der Waals surface area contributed by atoms with Crippen LogP contribution in [0.4, 0.5) is 11.5 Å². The minimum Gasteiger partial charge on any atom is -0.363 e. The maximum Gasteiger partial charge on any atom is 0.230 e. The van der Waals surface area contributed by atoms with Crippen molar-refractivity contribution in [2.24, 2.45) is 13.0 Å². The molecule has 3 rings (SSSR count). The lowest BCUT2D eigenvalue weighted by Crippen LogP contribution is -2.30. The molecule has 0 radical (unpaired) electrons. The van der Waals surface area contributed by atoms with E-state index >= 15 is 0 Å². The molecular weight excluding hydrogens is 332 g/mol. The van der Waals surface area contributed by atoms with Crippen LogP contribution >= 0.6 is 0 Å². The summed E-state index contributed by atoms with van der Waals surface area (Å²) in [6, 6.07) is 3.33. The van der Waals surface area contributed by atoms with Crippen LogP contribution in [0.5, 0.6) is 0 Å². The lowest BCUT2D eigenvalue weighted by atomic mass is 9.93. The largest absolute Gasteiger partial charge is 0.363 e. The average molecular weight is 356 g/mol. The van der Waals surface area contributed by atoms with Gasteiger partial charge in [-0.15, -0.1) is 0 Å². The van der Waals surface area contributed by atoms with Crippen molar-refractivity contribution in [3.05, 3.63) is 35.8 Å². The van der Waals surface area contributed by atoms with E-state index in [9.17, 15) is 9.59 Å². The second kappa shape index (κ2) is 6.78. The third-order valence-corrected chi connectivity index (χ3v) is 4.99. The van der Waals surface area contributed by atoms with E-state index in [0.29, 0.717) is 5.69 Å². The summed E-state index contributed by atoms with van der Waals surface area (Å²) in [5, 5.41) is 7.15. The molecule has 1 fully saturated rings. The van der Waals surface area contributed by atoms with Gasteiger partial charge in [-0.3, -0.25) is 14.3 Å². The van der Waals surface area contributed by atoms with E-state index in [1.807, 2.05) is 45.1 Å². The predicted octanol–water partition coefficient (Wildman–Crippen LogP) is 1.35. The summed E-state index contributed by atoms with van der Waals surface area (Å²) < 4.78 is 1.75. The van der Waals surface area contributed by atoms with Crippen molar-refractivity contribution in [3.8, 4) is 0 Å². The number of likely N-dealkylation sites (tertiary alicyclic amines) is 1. The highest BCUT2D eigenvalue weighted by Gasteiger charge is 2.44. The first-order chi connectivity index (χ1) is 12.3. The second-order valence-corrected chi connectivity index (χ2v) is 6.86. The van der Waals surface area contributed by atoms with E-state index in [-0.39, 0.29) is 24.3 Å². The van der Waals surface area contributed by atoms with Crippen LogP contribution < -0.4 is 10.2 Å². The summed E-state index contributed by atoms with van der Waals surface area (Å²) in [5.41, 5.74) is 2.47. The van der Waals surface area contributed by atoms with Gasteiger partial charge < -0.3 is 15.1 Å². The monoisotopic (exact) mass is 356 g/mol. The number of hydrogen-bond acceptors (Lipinski definition) is 5. The normalized spacial score (nSPS) is 19.7. The molecule has 1 aliphatic heterocycles. The van der Waals surface area contributed by atoms with Gasteiger partial charge in [-0.05, 0) is 19.1 Å². The standard InChI is InChI=1S/C18H24N6O2/c1-11-14(10-20-24(11)5)17-13(8-16(25)23(17)4)18(26)21-12-6-7-15(19-9-12)22(2)3/h6-7,9-10,13,17H,8H2,1-5H3,(H,21,26)/t13-,17-/m0/s1. The van der Waals surface area contributed by atoms with Gasteiger partial charge in [0.1, 0.15) is 5.82 Å². The summed E-state index contributed by atoms with van der Waals surface area (Å²) in [4.78, 5) is 33.0. The Labute approximate surface area is 152 Å². The maximum absolute atomic E-state index is 12.9. The smallest absolute Gasteiger partial charge is 0.230 e. The molecule has 0 saturated carbocycles. The lowest BCUT2D eigenvalue weighted by molar-refractivity contribution is -0.127. The van der Waals surface area contributed by atoms with E-state index in [2.05, 4.69) is 15.4 Å². The number of carbonyl (C=O) groups excluding carboxylic acids is 2. The van der Waals surface area contributed by atoms with Gasteiger partial charge in [-0.25, -0.2) is 4.98 Å². The zero-order valence-electron chi connectivity index (χ0n) is 15.7. The van der Waals surface area contributed by atoms with Crippen LogP contribution in [-0.2, 0) is 16.6 Å². The van der Waals surface area contributed by atoms with Crippen molar-refractivity contribution in [2.75, 3.05) is 31.4 Å². The van der Waals surface area contributed by atoms with Crippen molar-refractivity contribution in [2.45, 2.75) is 19.4 Å². The minimum absolute atomic E-state index is 0.0421. The molecule has 8 heteroatoms. The highest BCUT2D eigenvalue weighted by atomic mass is 16.2. The highest BCUT2D eigenvalue weighted by Crippen LogP contribution is 2.38. The third kappa shape index (κ3) is 3.14. The molecule has 1 aliphatic rings. The Morgan fingerprint density at radius 1 is 1.27 bits per heavy atom. The number of carbonyl (C=O) groups is 2. The molecule has 2 atom stereocenters. The molecule has 0 unspecified atom stereocenters. The first-order valence-electron chi connectivity index (χ1n) is 8.48. The molecule has 1 N–H and O–H groups in total. The number of nitrogens with zero attached hydrogens (tertiary/aromatic N) is 5. The summed E-state index contributed by atoms with van der Waals surface area (Å²) in [5.74, 6) is 0.112. The number of anilines is 2. The zero-order valence-corrected chi connectivity index (χ0v) is 15.7. The molecule has 1 saturated heterocycles. The van der Waals surface area contributed by atoms with Gasteiger partial charge in [0.15, 0.2) is 0 Å². The molecule has 138 valence electrons. The Bertz CT molecular complexity index is 827. The van der Waals surface area contributed by atoms with Crippen molar-refractivity contribution in [1.29, 1.82) is 0 Å². The molecule has 2 aromatic heterocycles. The molecule has 3 heterocycles. The number of nitrogens with one attached hydrogen (secondary N) is 1. The van der Waals surface area contributed by atoms with Crippen LogP contribution in [0.1, 0.15) is 23.7 Å². The SMILES string of the molecule is Cc1c([C@@H]2[C@@H](C(=O)Nc3ccc(N(C)C)nc3)CC(=O)N2C)cnn1C. The topological polar surface area (TPSA) is 83.4 Å². The summed E-state index contributed by atoms with van der Waals surface area (Å²) >= 11 is 0. The first kappa shape index (κ1) is 17.9. The molecule has 2 amide bonds. The molecule has 0 aliphatic carbocycles. The Morgan fingerprint density at radius 3 is 2.54 bits per heavy atom. The van der Waals surface area contributed by atoms with E-state index in [4.69, 9.17) is 0 Å². The van der Waals surface area contributed by atoms with Crippen molar-refractivity contribution in [3.63, 3.8) is 0 Å². The van der Waals surface area contributed by atoms with Crippen LogP contribution in [0.3, 0.4) is 0 Å². The highest BCUT2D eigenvalue weighted by molar-refractivity contribution is 5.97. The van der Waals surface area contributed by atoms with Gasteiger partial charge in [0.05, 0.1) is 30.0 Å². The van der Waals surface area contributed by atoms with Gasteiger partial charge in [0.2, 0.25) is 11.8 Å². The molecule has 0 bridgehead atoms. The van der Waals surface area contributed by atoms with Gasteiger partial charge in [-0.1, -0.05) is 0 Å². The van der Waals surface area contributed by atoms with Crippen molar-refractivity contribution < 1.29 is 9.59 Å². The molecule has 8 nitrogen and oxygen atoms in total. The van der Waals surface area contributed by atoms with E-state index < -0.39 is 5.92 Å². The second-order valence-electron chi connectivity index (χ2n) is 6.86. The van der Waals surface area contributed by atoms with Gasteiger partial charge in [-0.2, -0.15) is 5.10 Å². The number of rotatable bonds is 4. The molecular formula is C18H24N6O2. The fraction of sp³-hybridized carbons (Fsp3) is 0.444. The fourth-order valence-electron chi connectivity index (χ4n) is 3.30. The third-order valence-electron chi connectivity index (χ3n) is 4.99. The van der Waals surface area contributed by atoms with Crippen LogP contribution in [0, 0.1) is 12.8 Å². The average Bonchev–Trinajstić information content (AvgIpc) is 3.08. The maximum atomic E-state index is 12.9. The van der Waals surface area contributed by atoms with E-state index in [0.717, 1.165) is 17.1 Å². The molecule has 0 aromatic carbocycles. The lowest BCUT2D eigenvalue weighted by Gasteiger charge is -2.24. The summed E-state index contributed by atoms with van der Waals surface area (Å²) in [7, 11) is 7.39. The Balaban J connectivity index is 1.82. The van der Waals surface area contributed by atoms with Gasteiger partial charge in [0.25, 0.3) is 0 Å². The minimum atomic E-state index is -0.469. The Kier molecular flexibility index (Phi) is 4.67. The zero-order chi connectivity index (χ0) is 19.0. The Morgan fingerprint density at radius 2 is 2.00 bits per heavy atom. The van der Waals surface area contributed by atoms with Gasteiger partial charge >= 0.3 is 0 Å². The number of pyridine rings is 1. The van der Waals surface area contributed by atoms with Crippen molar-refractivity contribution >= 4 is 23.3 Å². The predicted molar refractivity (Wildman–Crippen MR) is 98.8 cm³/mol. The number of aromatic nitrogens is 3. The first-order valence-corrected chi connectivity index (χ1v) is 8.48. The summed E-state index contributed by atoms with van der Waals surface area (Å²) in [6.07, 6.45) is 3.55. The molecule has 26 heavy (non-hydrogen) atoms. The quantitative estimate of drug-likeness (QED) is 0.894. The summed E-state index contributed by atoms with van der Waals surface area (Å²) in [6.45, 7) is 1.94. The van der Waals surface area contributed by atoms with Crippen LogP contribution in [0.25, 0.3) is 0 Å². The number of hydrogen-bond donors (Lipinski definition) is 1. The van der Waals surface area contributed by atoms with Crippen LogP contribution in [-0.4, -0.2) is 52.6 Å². The van der Waals surface area contributed by atoms with Crippen LogP contribution in [0.2, 0.25) is 0 Å². The van der Waals surface area contributed by atoms with Gasteiger partial charge in [0, 0.05) is 45.9 Å². The van der Waals surface area contributed by atoms with Crippen LogP contribution in [0.15, 0.2) is 24.5 Å². The molecule has 0 spiro atoms. The Hall–Kier alpha value is -2.90.